The monoisotopic (exact) mass is 294 g/mol. The number of nitrogen functional groups attached to an aromatic ring is 1. The molecule has 104 valence electrons. The third kappa shape index (κ3) is 3.60. The molecular formula is C11H20Cl2N4O. The molecule has 5 nitrogen and oxygen atoms in total. The van der Waals surface area contributed by atoms with Gasteiger partial charge in [-0.1, -0.05) is 6.92 Å². The van der Waals surface area contributed by atoms with Gasteiger partial charge in [-0.05, 0) is 6.54 Å². The van der Waals surface area contributed by atoms with Gasteiger partial charge in [0.2, 0.25) is 0 Å². The summed E-state index contributed by atoms with van der Waals surface area (Å²) in [5.41, 5.74) is 7.81. The zero-order chi connectivity index (χ0) is 11.5. The van der Waals surface area contributed by atoms with Crippen LogP contribution in [0, 0.1) is 0 Å². The van der Waals surface area contributed by atoms with Gasteiger partial charge < -0.3 is 15.4 Å². The van der Waals surface area contributed by atoms with Crippen molar-refractivity contribution < 1.29 is 4.74 Å². The Balaban J connectivity index is 0.00000144. The first-order valence-corrected chi connectivity index (χ1v) is 5.66. The fourth-order valence-corrected chi connectivity index (χ4v) is 2.01. The van der Waals surface area contributed by atoms with E-state index in [1.54, 1.807) is 7.11 Å². The number of aromatic nitrogens is 2. The van der Waals surface area contributed by atoms with Crippen LogP contribution in [-0.4, -0.2) is 41.6 Å². The van der Waals surface area contributed by atoms with E-state index in [1.807, 2.05) is 0 Å². The second kappa shape index (κ2) is 7.61. The van der Waals surface area contributed by atoms with E-state index in [0.717, 1.165) is 43.9 Å². The van der Waals surface area contributed by atoms with Crippen molar-refractivity contribution in [2.45, 2.75) is 19.8 Å². The summed E-state index contributed by atoms with van der Waals surface area (Å²) in [7, 11) is 1.57. The van der Waals surface area contributed by atoms with Gasteiger partial charge in [-0.15, -0.1) is 24.8 Å². The molecule has 0 saturated heterocycles. The maximum atomic E-state index is 5.76. The summed E-state index contributed by atoms with van der Waals surface area (Å²) in [6, 6.07) is 0. The maximum Gasteiger partial charge on any atom is 0.257 e. The van der Waals surface area contributed by atoms with E-state index in [2.05, 4.69) is 21.8 Å². The number of hydrogen-bond donors (Lipinski definition) is 1. The average Bonchev–Trinajstić information content (AvgIpc) is 2.49. The average molecular weight is 295 g/mol. The van der Waals surface area contributed by atoms with Crippen molar-refractivity contribution in [1.29, 1.82) is 0 Å². The minimum Gasteiger partial charge on any atom is -0.478 e. The van der Waals surface area contributed by atoms with Crippen LogP contribution in [0.4, 0.5) is 5.82 Å². The van der Waals surface area contributed by atoms with Crippen molar-refractivity contribution >= 4 is 30.6 Å². The predicted molar refractivity (Wildman–Crippen MR) is 77.0 cm³/mol. The smallest absolute Gasteiger partial charge is 0.257 e. The third-order valence-corrected chi connectivity index (χ3v) is 3.01. The standard InChI is InChI=1S/C11H18N4O.2ClH/c1-3-15-6-4-8-9(5-7-15)14-11(16-2)10(12)13-8;;/h3-7H2,1-2H3,(H2,12,13);2*1H. The Morgan fingerprint density at radius 1 is 1.17 bits per heavy atom. The number of anilines is 1. The zero-order valence-corrected chi connectivity index (χ0v) is 12.3. The molecule has 0 atom stereocenters. The Kier molecular flexibility index (Phi) is 7.28. The molecule has 18 heavy (non-hydrogen) atoms. The van der Waals surface area contributed by atoms with E-state index < -0.39 is 0 Å². The second-order valence-electron chi connectivity index (χ2n) is 3.95. The molecule has 0 amide bonds. The molecule has 0 unspecified atom stereocenters. The van der Waals surface area contributed by atoms with Crippen LogP contribution in [0.2, 0.25) is 0 Å². The minimum absolute atomic E-state index is 0. The van der Waals surface area contributed by atoms with E-state index >= 15 is 0 Å². The normalized spacial score (nSPS) is 14.8. The molecule has 0 aromatic carbocycles. The molecule has 1 aromatic heterocycles. The van der Waals surface area contributed by atoms with Crippen molar-refractivity contribution in [3.63, 3.8) is 0 Å². The van der Waals surface area contributed by atoms with Gasteiger partial charge in [-0.3, -0.25) is 0 Å². The highest BCUT2D eigenvalue weighted by atomic mass is 35.5. The number of likely N-dealkylation sites (N-methyl/N-ethyl adjacent to an activating group) is 1. The third-order valence-electron chi connectivity index (χ3n) is 3.01. The molecule has 2 heterocycles. The summed E-state index contributed by atoms with van der Waals surface area (Å²) in [4.78, 5) is 11.2. The Bertz CT molecular complexity index is 390. The lowest BCUT2D eigenvalue weighted by Crippen LogP contribution is -2.25. The van der Waals surface area contributed by atoms with Gasteiger partial charge in [0.05, 0.1) is 18.5 Å². The van der Waals surface area contributed by atoms with Crippen molar-refractivity contribution in [2.75, 3.05) is 32.5 Å². The summed E-state index contributed by atoms with van der Waals surface area (Å²) < 4.78 is 5.09. The van der Waals surface area contributed by atoms with Gasteiger partial charge >= 0.3 is 0 Å². The summed E-state index contributed by atoms with van der Waals surface area (Å²) in [5, 5.41) is 0. The predicted octanol–water partition coefficient (Wildman–Crippen LogP) is 1.33. The SMILES string of the molecule is CCN1CCc2nc(N)c(OC)nc2CC1.Cl.Cl. The molecule has 2 rings (SSSR count). The fourth-order valence-electron chi connectivity index (χ4n) is 2.01. The van der Waals surface area contributed by atoms with Crippen LogP contribution in [0.15, 0.2) is 0 Å². The summed E-state index contributed by atoms with van der Waals surface area (Å²) in [5.74, 6) is 0.842. The molecule has 1 aliphatic heterocycles. The number of nitrogens with zero attached hydrogens (tertiary/aromatic N) is 3. The highest BCUT2D eigenvalue weighted by Crippen LogP contribution is 2.20. The largest absolute Gasteiger partial charge is 0.478 e. The van der Waals surface area contributed by atoms with Crippen LogP contribution in [-0.2, 0) is 12.8 Å². The molecule has 2 N–H and O–H groups in total. The van der Waals surface area contributed by atoms with Crippen LogP contribution in [0.1, 0.15) is 18.3 Å². The molecular weight excluding hydrogens is 275 g/mol. The Morgan fingerprint density at radius 2 is 1.72 bits per heavy atom. The molecule has 0 radical (unpaired) electrons. The van der Waals surface area contributed by atoms with Crippen LogP contribution < -0.4 is 10.5 Å². The molecule has 1 aliphatic rings. The topological polar surface area (TPSA) is 64.3 Å². The van der Waals surface area contributed by atoms with Crippen molar-refractivity contribution in [1.82, 2.24) is 14.9 Å². The molecule has 0 fully saturated rings. The lowest BCUT2D eigenvalue weighted by Gasteiger charge is -2.15. The first-order chi connectivity index (χ1) is 7.74. The lowest BCUT2D eigenvalue weighted by molar-refractivity contribution is 0.302. The lowest BCUT2D eigenvalue weighted by atomic mass is 10.2. The van der Waals surface area contributed by atoms with Crippen LogP contribution in [0.25, 0.3) is 0 Å². The quantitative estimate of drug-likeness (QED) is 0.892. The number of fused-ring (bicyclic) bond motifs is 1. The van der Waals surface area contributed by atoms with E-state index in [9.17, 15) is 0 Å². The van der Waals surface area contributed by atoms with Crippen LogP contribution in [0.5, 0.6) is 5.88 Å². The van der Waals surface area contributed by atoms with Crippen molar-refractivity contribution in [3.8, 4) is 5.88 Å². The maximum absolute atomic E-state index is 5.76. The molecule has 0 spiro atoms. The number of rotatable bonds is 2. The number of halogens is 2. The van der Waals surface area contributed by atoms with Gasteiger partial charge in [0, 0.05) is 25.9 Å². The van der Waals surface area contributed by atoms with Crippen molar-refractivity contribution in [2.24, 2.45) is 0 Å². The summed E-state index contributed by atoms with van der Waals surface area (Å²) >= 11 is 0. The van der Waals surface area contributed by atoms with Gasteiger partial charge in [-0.25, -0.2) is 9.97 Å². The fraction of sp³-hybridized carbons (Fsp3) is 0.636. The summed E-state index contributed by atoms with van der Waals surface area (Å²) in [6.45, 7) is 5.31. The number of nitrogens with two attached hydrogens (primary N) is 1. The van der Waals surface area contributed by atoms with Crippen LogP contribution in [0.3, 0.4) is 0 Å². The highest BCUT2D eigenvalue weighted by molar-refractivity contribution is 5.85. The Morgan fingerprint density at radius 3 is 2.22 bits per heavy atom. The van der Waals surface area contributed by atoms with Gasteiger partial charge in [0.15, 0.2) is 5.82 Å². The Labute approximate surface area is 120 Å². The van der Waals surface area contributed by atoms with Crippen molar-refractivity contribution in [3.05, 3.63) is 11.4 Å². The molecule has 1 aromatic rings. The van der Waals surface area contributed by atoms with Crippen LogP contribution >= 0.6 is 24.8 Å². The second-order valence-corrected chi connectivity index (χ2v) is 3.95. The van der Waals surface area contributed by atoms with E-state index in [1.165, 1.54) is 0 Å². The number of hydrogen-bond acceptors (Lipinski definition) is 5. The first kappa shape index (κ1) is 17.2. The molecule has 0 aliphatic carbocycles. The van der Waals surface area contributed by atoms with E-state index in [-0.39, 0.29) is 24.8 Å². The first-order valence-electron chi connectivity index (χ1n) is 5.66. The molecule has 0 saturated carbocycles. The van der Waals surface area contributed by atoms with Gasteiger partial charge in [0.1, 0.15) is 0 Å². The summed E-state index contributed by atoms with van der Waals surface area (Å²) in [6.07, 6.45) is 1.84. The highest BCUT2D eigenvalue weighted by Gasteiger charge is 2.17. The van der Waals surface area contributed by atoms with Gasteiger partial charge in [-0.2, -0.15) is 0 Å². The van der Waals surface area contributed by atoms with Gasteiger partial charge in [0.25, 0.3) is 5.88 Å². The number of ether oxygens (including phenoxy) is 1. The van der Waals surface area contributed by atoms with E-state index in [0.29, 0.717) is 11.7 Å². The zero-order valence-electron chi connectivity index (χ0n) is 10.7. The number of methoxy groups -OCH3 is 1. The molecule has 7 heteroatoms. The molecule has 0 bridgehead atoms. The minimum atomic E-state index is 0. The Hall–Kier alpha value is -0.780. The van der Waals surface area contributed by atoms with E-state index in [4.69, 9.17) is 10.5 Å².